The Balaban J connectivity index is 1.74. The van der Waals surface area contributed by atoms with Crippen LogP contribution in [0.15, 0.2) is 24.3 Å². The summed E-state index contributed by atoms with van der Waals surface area (Å²) in [5.41, 5.74) is 0.600. The molecule has 2 aliphatic rings. The van der Waals surface area contributed by atoms with E-state index in [4.69, 9.17) is 21.4 Å². The van der Waals surface area contributed by atoms with Gasteiger partial charge in [-0.1, -0.05) is 23.7 Å². The molecule has 0 saturated carbocycles. The van der Waals surface area contributed by atoms with Crippen molar-refractivity contribution in [3.63, 3.8) is 0 Å². The molecular formula is C19H23ClN2O5. The third kappa shape index (κ3) is 4.59. The quantitative estimate of drug-likeness (QED) is 0.799. The molecule has 0 spiro atoms. The zero-order valence-electron chi connectivity index (χ0n) is 15.0. The number of rotatable bonds is 6. The zero-order chi connectivity index (χ0) is 19.4. The molecule has 27 heavy (non-hydrogen) atoms. The predicted molar refractivity (Wildman–Crippen MR) is 99.7 cm³/mol. The van der Waals surface area contributed by atoms with E-state index in [2.05, 4.69) is 0 Å². The van der Waals surface area contributed by atoms with Gasteiger partial charge >= 0.3 is 5.97 Å². The normalized spacial score (nSPS) is 20.7. The number of aliphatic carboxylic acids is 1. The molecule has 8 heteroatoms. The van der Waals surface area contributed by atoms with E-state index in [-0.39, 0.29) is 43.8 Å². The molecule has 3 rings (SSSR count). The highest BCUT2D eigenvalue weighted by Gasteiger charge is 2.39. The minimum Gasteiger partial charge on any atom is -0.481 e. The number of carboxylic acids is 1. The number of ether oxygens (including phenoxy) is 1. The maximum atomic E-state index is 13.1. The fraction of sp³-hybridized carbons (Fsp3) is 0.526. The van der Waals surface area contributed by atoms with Crippen molar-refractivity contribution in [2.45, 2.75) is 31.7 Å². The minimum atomic E-state index is -0.944. The van der Waals surface area contributed by atoms with Crippen molar-refractivity contribution < 1.29 is 24.2 Å². The number of benzene rings is 1. The van der Waals surface area contributed by atoms with Crippen LogP contribution in [0.4, 0.5) is 5.69 Å². The number of carboxylic acid groups (broad SMARTS) is 1. The average Bonchev–Trinajstić information content (AvgIpc) is 3.04. The second-order valence-corrected chi connectivity index (χ2v) is 7.28. The van der Waals surface area contributed by atoms with Crippen LogP contribution in [0.1, 0.15) is 25.7 Å². The Hall–Kier alpha value is -2.12. The third-order valence-electron chi connectivity index (χ3n) is 5.10. The first-order valence-corrected chi connectivity index (χ1v) is 9.50. The Morgan fingerprint density at radius 2 is 1.96 bits per heavy atom. The molecule has 1 N–H and O–H groups in total. The van der Waals surface area contributed by atoms with Gasteiger partial charge in [0, 0.05) is 38.8 Å². The molecule has 1 atom stereocenters. The number of para-hydroxylation sites is 1. The van der Waals surface area contributed by atoms with Gasteiger partial charge in [0.05, 0.1) is 23.0 Å². The molecule has 0 bridgehead atoms. The first kappa shape index (κ1) is 19.6. The van der Waals surface area contributed by atoms with Crippen LogP contribution in [-0.4, -0.2) is 60.1 Å². The number of hydrogen-bond acceptors (Lipinski definition) is 4. The first-order valence-electron chi connectivity index (χ1n) is 9.12. The second kappa shape index (κ2) is 8.71. The van der Waals surface area contributed by atoms with E-state index in [1.54, 1.807) is 34.1 Å². The summed E-state index contributed by atoms with van der Waals surface area (Å²) in [6.07, 6.45) is 1.36. The lowest BCUT2D eigenvalue weighted by Gasteiger charge is -2.35. The maximum Gasteiger partial charge on any atom is 0.305 e. The topological polar surface area (TPSA) is 87.2 Å². The monoisotopic (exact) mass is 394 g/mol. The van der Waals surface area contributed by atoms with Crippen molar-refractivity contribution in [3.8, 4) is 0 Å². The lowest BCUT2D eigenvalue weighted by molar-refractivity contribution is -0.142. The van der Waals surface area contributed by atoms with Gasteiger partial charge in [0.15, 0.2) is 0 Å². The number of nitrogens with zero attached hydrogens (tertiary/aromatic N) is 2. The minimum absolute atomic E-state index is 0.0462. The smallest absolute Gasteiger partial charge is 0.305 e. The second-order valence-electron chi connectivity index (χ2n) is 6.88. The maximum absolute atomic E-state index is 13.1. The molecule has 1 aromatic rings. The Bertz CT molecular complexity index is 720. The van der Waals surface area contributed by atoms with Gasteiger partial charge in [-0.25, -0.2) is 0 Å². The SMILES string of the molecule is O=C(O)CCN(C(=O)[C@H]1CC(=O)N(c2ccccc2Cl)C1)C1CCOCC1. The van der Waals surface area contributed by atoms with Gasteiger partial charge in [0.25, 0.3) is 0 Å². The van der Waals surface area contributed by atoms with Gasteiger partial charge < -0.3 is 19.6 Å². The highest BCUT2D eigenvalue weighted by atomic mass is 35.5. The van der Waals surface area contributed by atoms with Gasteiger partial charge in [-0.05, 0) is 25.0 Å². The third-order valence-corrected chi connectivity index (χ3v) is 5.42. The summed E-state index contributed by atoms with van der Waals surface area (Å²) in [5.74, 6) is -1.75. The number of anilines is 1. The van der Waals surface area contributed by atoms with Crippen molar-refractivity contribution in [2.75, 3.05) is 31.2 Å². The van der Waals surface area contributed by atoms with E-state index < -0.39 is 11.9 Å². The van der Waals surface area contributed by atoms with Gasteiger partial charge in [0.1, 0.15) is 0 Å². The van der Waals surface area contributed by atoms with E-state index in [9.17, 15) is 14.4 Å². The number of carbonyl (C=O) groups excluding carboxylic acids is 2. The lowest BCUT2D eigenvalue weighted by atomic mass is 10.0. The molecule has 0 aliphatic carbocycles. The van der Waals surface area contributed by atoms with E-state index in [0.717, 1.165) is 0 Å². The largest absolute Gasteiger partial charge is 0.481 e. The van der Waals surface area contributed by atoms with Gasteiger partial charge in [-0.15, -0.1) is 0 Å². The standard InChI is InChI=1S/C19H23ClN2O5/c20-15-3-1-2-4-16(15)22-12-13(11-17(22)23)19(26)21(8-5-18(24)25)14-6-9-27-10-7-14/h1-4,13-14H,5-12H2,(H,24,25)/t13-/m0/s1. The molecule has 0 radical (unpaired) electrons. The highest BCUT2D eigenvalue weighted by molar-refractivity contribution is 6.33. The van der Waals surface area contributed by atoms with E-state index in [1.807, 2.05) is 0 Å². The fourth-order valence-corrected chi connectivity index (χ4v) is 3.93. The summed E-state index contributed by atoms with van der Waals surface area (Å²) < 4.78 is 5.35. The van der Waals surface area contributed by atoms with Crippen LogP contribution in [0, 0.1) is 5.92 Å². The van der Waals surface area contributed by atoms with Crippen molar-refractivity contribution in [3.05, 3.63) is 29.3 Å². The summed E-state index contributed by atoms with van der Waals surface area (Å²) in [7, 11) is 0. The Morgan fingerprint density at radius 3 is 2.63 bits per heavy atom. The molecule has 7 nitrogen and oxygen atoms in total. The Kier molecular flexibility index (Phi) is 6.34. The summed E-state index contributed by atoms with van der Waals surface area (Å²) in [4.78, 5) is 39.8. The fourth-order valence-electron chi connectivity index (χ4n) is 3.70. The van der Waals surface area contributed by atoms with Crippen LogP contribution in [0.25, 0.3) is 0 Å². The lowest BCUT2D eigenvalue weighted by Crippen LogP contribution is -2.47. The van der Waals surface area contributed by atoms with Crippen LogP contribution < -0.4 is 4.90 Å². The molecule has 2 aliphatic heterocycles. The van der Waals surface area contributed by atoms with Crippen LogP contribution in [0.5, 0.6) is 0 Å². The number of halogens is 1. The Labute approximate surface area is 162 Å². The highest BCUT2D eigenvalue weighted by Crippen LogP contribution is 2.32. The van der Waals surface area contributed by atoms with E-state index in [0.29, 0.717) is 36.8 Å². The number of hydrogen-bond donors (Lipinski definition) is 1. The van der Waals surface area contributed by atoms with Gasteiger partial charge in [-0.2, -0.15) is 0 Å². The van der Waals surface area contributed by atoms with Crippen LogP contribution in [0.2, 0.25) is 5.02 Å². The van der Waals surface area contributed by atoms with E-state index >= 15 is 0 Å². The summed E-state index contributed by atoms with van der Waals surface area (Å²) in [6.45, 7) is 1.51. The summed E-state index contributed by atoms with van der Waals surface area (Å²) in [5, 5.41) is 9.50. The average molecular weight is 395 g/mol. The molecule has 1 aromatic carbocycles. The van der Waals surface area contributed by atoms with Gasteiger partial charge in [0.2, 0.25) is 11.8 Å². The van der Waals surface area contributed by atoms with E-state index in [1.165, 1.54) is 0 Å². The Morgan fingerprint density at radius 1 is 1.26 bits per heavy atom. The molecule has 2 amide bonds. The van der Waals surface area contributed by atoms with Crippen molar-refractivity contribution >= 4 is 35.1 Å². The molecule has 2 saturated heterocycles. The molecule has 0 aromatic heterocycles. The summed E-state index contributed by atoms with van der Waals surface area (Å²) in [6, 6.07) is 7.00. The first-order chi connectivity index (χ1) is 13.0. The van der Waals surface area contributed by atoms with Crippen molar-refractivity contribution in [1.29, 1.82) is 0 Å². The molecule has 2 fully saturated rings. The van der Waals surface area contributed by atoms with Crippen LogP contribution in [-0.2, 0) is 19.1 Å². The number of carbonyl (C=O) groups is 3. The number of amides is 2. The van der Waals surface area contributed by atoms with Gasteiger partial charge in [-0.3, -0.25) is 14.4 Å². The molecular weight excluding hydrogens is 372 g/mol. The zero-order valence-corrected chi connectivity index (χ0v) is 15.7. The predicted octanol–water partition coefficient (Wildman–Crippen LogP) is 2.18. The van der Waals surface area contributed by atoms with Crippen LogP contribution >= 0.6 is 11.6 Å². The summed E-state index contributed by atoms with van der Waals surface area (Å²) >= 11 is 6.20. The van der Waals surface area contributed by atoms with Crippen molar-refractivity contribution in [1.82, 2.24) is 4.90 Å². The molecule has 0 unspecified atom stereocenters. The molecule has 146 valence electrons. The molecule has 2 heterocycles. The van der Waals surface area contributed by atoms with Crippen molar-refractivity contribution in [2.24, 2.45) is 5.92 Å². The van der Waals surface area contributed by atoms with Crippen LogP contribution in [0.3, 0.4) is 0 Å².